The number of hydrogen-bond donors (Lipinski definition) is 2. The minimum Gasteiger partial charge on any atom is -0.449 e. The lowest BCUT2D eigenvalue weighted by Gasteiger charge is -2.21. The van der Waals surface area contributed by atoms with Crippen LogP contribution in [0.3, 0.4) is 0 Å². The number of halogens is 3. The fraction of sp³-hybridized carbons (Fsp3) is 0.333. The van der Waals surface area contributed by atoms with Crippen LogP contribution < -0.4 is 10.9 Å². The summed E-state index contributed by atoms with van der Waals surface area (Å²) in [4.78, 5) is 19.9. The predicted octanol–water partition coefficient (Wildman–Crippen LogP) is 3.74. The van der Waals surface area contributed by atoms with Crippen molar-refractivity contribution in [3.05, 3.63) is 38.9 Å². The van der Waals surface area contributed by atoms with Gasteiger partial charge in [0.15, 0.2) is 0 Å². The van der Waals surface area contributed by atoms with Crippen LogP contribution in [-0.4, -0.2) is 23.1 Å². The molecule has 23 heavy (non-hydrogen) atoms. The Kier molecular flexibility index (Phi) is 5.73. The van der Waals surface area contributed by atoms with Crippen LogP contribution in [0.2, 0.25) is 0 Å². The molecule has 124 valence electrons. The maximum atomic E-state index is 12.3. The highest BCUT2D eigenvalue weighted by molar-refractivity contribution is 9.10. The molecule has 4 rings (SSSR count). The van der Waals surface area contributed by atoms with E-state index in [1.165, 1.54) is 0 Å². The lowest BCUT2D eigenvalue weighted by atomic mass is 9.97. The van der Waals surface area contributed by atoms with Gasteiger partial charge in [-0.25, -0.2) is 4.98 Å². The van der Waals surface area contributed by atoms with E-state index in [1.54, 1.807) is 0 Å². The number of nitrogens with zero attached hydrogens (tertiary/aromatic N) is 1. The van der Waals surface area contributed by atoms with Gasteiger partial charge in [-0.3, -0.25) is 4.79 Å². The molecule has 3 aromatic rings. The highest BCUT2D eigenvalue weighted by Crippen LogP contribution is 2.29. The summed E-state index contributed by atoms with van der Waals surface area (Å²) >= 11 is 3.45. The molecule has 2 N–H and O–H groups in total. The summed E-state index contributed by atoms with van der Waals surface area (Å²) in [6.07, 6.45) is 1.99. The van der Waals surface area contributed by atoms with Gasteiger partial charge in [-0.05, 0) is 44.1 Å². The lowest BCUT2D eigenvalue weighted by molar-refractivity contribution is 0.445. The number of hydrogen-bond acceptors (Lipinski definition) is 4. The highest BCUT2D eigenvalue weighted by atomic mass is 79.9. The Morgan fingerprint density at radius 2 is 1.96 bits per heavy atom. The first-order valence-electron chi connectivity index (χ1n) is 7.05. The summed E-state index contributed by atoms with van der Waals surface area (Å²) in [6, 6.07) is 5.69. The van der Waals surface area contributed by atoms with Gasteiger partial charge in [0.1, 0.15) is 16.9 Å². The van der Waals surface area contributed by atoms with E-state index >= 15 is 0 Å². The van der Waals surface area contributed by atoms with E-state index in [4.69, 9.17) is 9.40 Å². The van der Waals surface area contributed by atoms with Gasteiger partial charge in [-0.1, -0.05) is 15.9 Å². The molecule has 8 heteroatoms. The third-order valence-electron chi connectivity index (χ3n) is 4.03. The Morgan fingerprint density at radius 1 is 1.22 bits per heavy atom. The highest BCUT2D eigenvalue weighted by Gasteiger charge is 2.20. The maximum absolute atomic E-state index is 12.3. The second-order valence-corrected chi connectivity index (χ2v) is 6.31. The number of H-pyrrole nitrogens is 1. The molecule has 1 fully saturated rings. The molecular weight excluding hydrogens is 405 g/mol. The van der Waals surface area contributed by atoms with Crippen LogP contribution in [0.5, 0.6) is 0 Å². The SMILES string of the molecule is Cl.Cl.O=c1[nH]c(C2CCNCC2)nc2c1oc1ccc(Br)cc12. The van der Waals surface area contributed by atoms with Crippen molar-refractivity contribution in [2.24, 2.45) is 0 Å². The van der Waals surface area contributed by atoms with Crippen LogP contribution in [0.1, 0.15) is 24.6 Å². The van der Waals surface area contributed by atoms with Crippen molar-refractivity contribution in [3.63, 3.8) is 0 Å². The number of furan rings is 1. The Labute approximate surface area is 153 Å². The van der Waals surface area contributed by atoms with E-state index in [0.29, 0.717) is 22.6 Å². The molecule has 2 aromatic heterocycles. The third-order valence-corrected chi connectivity index (χ3v) is 4.52. The smallest absolute Gasteiger partial charge is 0.294 e. The van der Waals surface area contributed by atoms with Crippen molar-refractivity contribution >= 4 is 62.8 Å². The number of rotatable bonds is 1. The number of benzene rings is 1. The van der Waals surface area contributed by atoms with Crippen LogP contribution in [0, 0.1) is 0 Å². The molecule has 1 aliphatic rings. The fourth-order valence-corrected chi connectivity index (χ4v) is 3.29. The van der Waals surface area contributed by atoms with Gasteiger partial charge in [-0.15, -0.1) is 24.8 Å². The number of piperidine rings is 1. The van der Waals surface area contributed by atoms with Gasteiger partial charge in [0.05, 0.1) is 0 Å². The van der Waals surface area contributed by atoms with Crippen molar-refractivity contribution < 1.29 is 4.42 Å². The van der Waals surface area contributed by atoms with E-state index < -0.39 is 0 Å². The number of nitrogens with one attached hydrogen (secondary N) is 2. The standard InChI is InChI=1S/C15H14BrN3O2.2ClH/c16-9-1-2-11-10(7-9)12-13(21-11)15(20)19-14(18-12)8-3-5-17-6-4-8;;/h1-2,7-8,17H,3-6H2,(H,18,19,20);2*1H. The average molecular weight is 421 g/mol. The average Bonchev–Trinajstić information content (AvgIpc) is 2.87. The van der Waals surface area contributed by atoms with E-state index in [-0.39, 0.29) is 30.4 Å². The first kappa shape index (κ1) is 18.3. The van der Waals surface area contributed by atoms with Gasteiger partial charge >= 0.3 is 0 Å². The monoisotopic (exact) mass is 419 g/mol. The van der Waals surface area contributed by atoms with Gasteiger partial charge in [0.25, 0.3) is 5.56 Å². The molecule has 0 amide bonds. The quantitative estimate of drug-likeness (QED) is 0.628. The topological polar surface area (TPSA) is 70.9 Å². The van der Waals surface area contributed by atoms with Crippen LogP contribution in [0.15, 0.2) is 31.9 Å². The normalized spacial score (nSPS) is 15.3. The molecule has 0 unspecified atom stereocenters. The fourth-order valence-electron chi connectivity index (χ4n) is 2.93. The molecule has 0 saturated carbocycles. The second-order valence-electron chi connectivity index (χ2n) is 5.40. The summed E-state index contributed by atoms with van der Waals surface area (Å²) in [5.41, 5.74) is 1.46. The largest absolute Gasteiger partial charge is 0.449 e. The zero-order valence-corrected chi connectivity index (χ0v) is 15.3. The molecular formula is C15H16BrCl2N3O2. The Morgan fingerprint density at radius 3 is 2.70 bits per heavy atom. The summed E-state index contributed by atoms with van der Waals surface area (Å²) in [5, 5.41) is 4.20. The van der Waals surface area contributed by atoms with E-state index in [1.807, 2.05) is 18.2 Å². The summed E-state index contributed by atoms with van der Waals surface area (Å²) in [5.74, 6) is 1.08. The van der Waals surface area contributed by atoms with Crippen LogP contribution in [0.25, 0.3) is 22.1 Å². The molecule has 3 heterocycles. The summed E-state index contributed by atoms with van der Waals surface area (Å²) in [6.45, 7) is 1.92. The van der Waals surface area contributed by atoms with E-state index in [2.05, 4.69) is 26.2 Å². The van der Waals surface area contributed by atoms with Crippen molar-refractivity contribution in [1.82, 2.24) is 15.3 Å². The maximum Gasteiger partial charge on any atom is 0.294 e. The number of fused-ring (bicyclic) bond motifs is 3. The molecule has 1 saturated heterocycles. The first-order chi connectivity index (χ1) is 10.2. The number of aromatic amines is 1. The van der Waals surface area contributed by atoms with Crippen LogP contribution in [0.4, 0.5) is 0 Å². The zero-order chi connectivity index (χ0) is 14.4. The Bertz CT molecular complexity index is 887. The number of aromatic nitrogens is 2. The molecule has 0 radical (unpaired) electrons. The van der Waals surface area contributed by atoms with E-state index in [0.717, 1.165) is 41.6 Å². The van der Waals surface area contributed by atoms with Crippen molar-refractivity contribution in [2.75, 3.05) is 13.1 Å². The van der Waals surface area contributed by atoms with Crippen molar-refractivity contribution in [2.45, 2.75) is 18.8 Å². The minimum absolute atomic E-state index is 0. The van der Waals surface area contributed by atoms with Gasteiger partial charge in [0, 0.05) is 15.8 Å². The van der Waals surface area contributed by atoms with Gasteiger partial charge < -0.3 is 14.7 Å². The molecule has 0 atom stereocenters. The molecule has 1 aromatic carbocycles. The molecule has 0 bridgehead atoms. The summed E-state index contributed by atoms with van der Waals surface area (Å²) < 4.78 is 6.59. The molecule has 1 aliphatic heterocycles. The van der Waals surface area contributed by atoms with Crippen molar-refractivity contribution in [3.8, 4) is 0 Å². The Hall–Kier alpha value is -1.08. The summed E-state index contributed by atoms with van der Waals surface area (Å²) in [7, 11) is 0. The van der Waals surface area contributed by atoms with Crippen molar-refractivity contribution in [1.29, 1.82) is 0 Å². The van der Waals surface area contributed by atoms with Crippen LogP contribution >= 0.6 is 40.7 Å². The molecule has 0 aliphatic carbocycles. The minimum atomic E-state index is -0.194. The zero-order valence-electron chi connectivity index (χ0n) is 12.1. The Balaban J connectivity index is 0.000000960. The van der Waals surface area contributed by atoms with Gasteiger partial charge in [0.2, 0.25) is 5.58 Å². The van der Waals surface area contributed by atoms with E-state index in [9.17, 15) is 4.79 Å². The lowest BCUT2D eigenvalue weighted by Crippen LogP contribution is -2.28. The molecule has 5 nitrogen and oxygen atoms in total. The third kappa shape index (κ3) is 3.26. The first-order valence-corrected chi connectivity index (χ1v) is 7.84. The predicted molar refractivity (Wildman–Crippen MR) is 99.2 cm³/mol. The second kappa shape index (κ2) is 7.21. The van der Waals surface area contributed by atoms with Crippen LogP contribution in [-0.2, 0) is 0 Å². The van der Waals surface area contributed by atoms with Gasteiger partial charge in [-0.2, -0.15) is 0 Å². The molecule has 0 spiro atoms.